The van der Waals surface area contributed by atoms with Gasteiger partial charge in [-0.15, -0.1) is 22.7 Å². The standard InChI is InChI=1S/C13H17N3OS2/c1-3-10-6-15-13(19-10)8-14-7-12-11(4-5-18-12)16-9(2)17/h4-6,14H,3,7-8H2,1-2H3,(H,16,17). The zero-order valence-corrected chi connectivity index (χ0v) is 12.7. The Kier molecular flexibility index (Phi) is 5.07. The first-order valence-corrected chi connectivity index (χ1v) is 7.87. The summed E-state index contributed by atoms with van der Waals surface area (Å²) >= 11 is 3.39. The van der Waals surface area contributed by atoms with E-state index in [1.165, 1.54) is 11.8 Å². The summed E-state index contributed by atoms with van der Waals surface area (Å²) in [5.74, 6) is -0.0350. The second kappa shape index (κ2) is 6.79. The minimum Gasteiger partial charge on any atom is -0.325 e. The lowest BCUT2D eigenvalue weighted by Gasteiger charge is -2.05. The summed E-state index contributed by atoms with van der Waals surface area (Å²) in [6, 6.07) is 1.93. The van der Waals surface area contributed by atoms with Gasteiger partial charge in [-0.2, -0.15) is 0 Å². The van der Waals surface area contributed by atoms with Crippen molar-refractivity contribution in [3.8, 4) is 0 Å². The molecule has 0 aliphatic rings. The van der Waals surface area contributed by atoms with Gasteiger partial charge in [0.1, 0.15) is 5.01 Å². The fourth-order valence-electron chi connectivity index (χ4n) is 1.65. The van der Waals surface area contributed by atoms with Gasteiger partial charge in [0.2, 0.25) is 5.91 Å². The first-order chi connectivity index (χ1) is 9.19. The minimum atomic E-state index is -0.0350. The van der Waals surface area contributed by atoms with Crippen LogP contribution in [-0.2, 0) is 24.3 Å². The SMILES string of the molecule is CCc1cnc(CNCc2sccc2NC(C)=O)s1. The fraction of sp³-hybridized carbons (Fsp3) is 0.385. The first-order valence-electron chi connectivity index (χ1n) is 6.17. The van der Waals surface area contributed by atoms with Crippen LogP contribution in [0.5, 0.6) is 0 Å². The van der Waals surface area contributed by atoms with E-state index >= 15 is 0 Å². The van der Waals surface area contributed by atoms with Crippen molar-refractivity contribution in [2.45, 2.75) is 33.4 Å². The molecule has 6 heteroatoms. The smallest absolute Gasteiger partial charge is 0.221 e. The zero-order chi connectivity index (χ0) is 13.7. The van der Waals surface area contributed by atoms with Crippen LogP contribution in [-0.4, -0.2) is 10.9 Å². The van der Waals surface area contributed by atoms with Gasteiger partial charge in [0.05, 0.1) is 5.69 Å². The molecule has 2 N–H and O–H groups in total. The van der Waals surface area contributed by atoms with Gasteiger partial charge >= 0.3 is 0 Å². The molecule has 102 valence electrons. The lowest BCUT2D eigenvalue weighted by atomic mass is 10.3. The number of amides is 1. The second-order valence-corrected chi connectivity index (χ2v) is 6.32. The summed E-state index contributed by atoms with van der Waals surface area (Å²) in [7, 11) is 0. The van der Waals surface area contributed by atoms with E-state index in [1.54, 1.807) is 22.7 Å². The molecule has 2 rings (SSSR count). The number of thiophene rings is 1. The molecule has 1 amide bonds. The topological polar surface area (TPSA) is 54.0 Å². The van der Waals surface area contributed by atoms with E-state index < -0.39 is 0 Å². The molecular weight excluding hydrogens is 278 g/mol. The number of hydrogen-bond donors (Lipinski definition) is 2. The van der Waals surface area contributed by atoms with E-state index in [-0.39, 0.29) is 5.91 Å². The highest BCUT2D eigenvalue weighted by Crippen LogP contribution is 2.22. The van der Waals surface area contributed by atoms with Crippen molar-refractivity contribution in [1.82, 2.24) is 10.3 Å². The molecule has 0 radical (unpaired) electrons. The number of carbonyl (C=O) groups is 1. The van der Waals surface area contributed by atoms with Crippen LogP contribution in [0, 0.1) is 0 Å². The zero-order valence-electron chi connectivity index (χ0n) is 11.0. The molecular formula is C13H17N3OS2. The summed E-state index contributed by atoms with van der Waals surface area (Å²) in [5, 5.41) is 9.29. The van der Waals surface area contributed by atoms with Crippen LogP contribution >= 0.6 is 22.7 Å². The molecule has 0 bridgehead atoms. The predicted molar refractivity (Wildman–Crippen MR) is 80.7 cm³/mol. The van der Waals surface area contributed by atoms with Crippen LogP contribution in [0.1, 0.15) is 28.6 Å². The van der Waals surface area contributed by atoms with Crippen molar-refractivity contribution >= 4 is 34.3 Å². The Morgan fingerprint density at radius 2 is 2.26 bits per heavy atom. The Morgan fingerprint density at radius 3 is 2.95 bits per heavy atom. The number of hydrogen-bond acceptors (Lipinski definition) is 5. The van der Waals surface area contributed by atoms with E-state index in [0.29, 0.717) is 0 Å². The Labute approximate surface area is 120 Å². The van der Waals surface area contributed by atoms with E-state index in [0.717, 1.165) is 35.1 Å². The number of nitrogens with zero attached hydrogens (tertiary/aromatic N) is 1. The maximum absolute atomic E-state index is 11.1. The van der Waals surface area contributed by atoms with Gasteiger partial charge in [0, 0.05) is 36.0 Å². The highest BCUT2D eigenvalue weighted by atomic mass is 32.1. The van der Waals surface area contributed by atoms with Gasteiger partial charge in [0.15, 0.2) is 0 Å². The van der Waals surface area contributed by atoms with Crippen molar-refractivity contribution in [3.05, 3.63) is 32.4 Å². The predicted octanol–water partition coefficient (Wildman–Crippen LogP) is 3.02. The van der Waals surface area contributed by atoms with Gasteiger partial charge in [-0.1, -0.05) is 6.92 Å². The number of carbonyl (C=O) groups excluding carboxylic acids is 1. The number of nitrogens with one attached hydrogen (secondary N) is 2. The van der Waals surface area contributed by atoms with Crippen LogP contribution in [0.3, 0.4) is 0 Å². The largest absolute Gasteiger partial charge is 0.325 e. The lowest BCUT2D eigenvalue weighted by Crippen LogP contribution is -2.14. The fourth-order valence-corrected chi connectivity index (χ4v) is 3.29. The van der Waals surface area contributed by atoms with E-state index in [4.69, 9.17) is 0 Å². The lowest BCUT2D eigenvalue weighted by molar-refractivity contribution is -0.114. The van der Waals surface area contributed by atoms with Crippen LogP contribution in [0.15, 0.2) is 17.6 Å². The Bertz CT molecular complexity index is 548. The molecule has 19 heavy (non-hydrogen) atoms. The summed E-state index contributed by atoms with van der Waals surface area (Å²) in [6.45, 7) is 5.17. The van der Waals surface area contributed by atoms with Gasteiger partial charge in [-0.25, -0.2) is 4.98 Å². The van der Waals surface area contributed by atoms with Gasteiger partial charge in [0.25, 0.3) is 0 Å². The number of aryl methyl sites for hydroxylation is 1. The maximum atomic E-state index is 11.1. The van der Waals surface area contributed by atoms with Gasteiger partial charge in [-0.05, 0) is 17.9 Å². The Hall–Kier alpha value is -1.24. The van der Waals surface area contributed by atoms with E-state index in [2.05, 4.69) is 22.5 Å². The molecule has 0 unspecified atom stereocenters. The molecule has 0 aliphatic carbocycles. The Balaban J connectivity index is 1.85. The van der Waals surface area contributed by atoms with Crippen LogP contribution in [0.25, 0.3) is 0 Å². The van der Waals surface area contributed by atoms with Crippen molar-refractivity contribution in [1.29, 1.82) is 0 Å². The molecule has 0 aromatic carbocycles. The number of anilines is 1. The average Bonchev–Trinajstić information content (AvgIpc) is 2.99. The summed E-state index contributed by atoms with van der Waals surface area (Å²) < 4.78 is 0. The van der Waals surface area contributed by atoms with Crippen LogP contribution < -0.4 is 10.6 Å². The number of thiazole rings is 1. The highest BCUT2D eigenvalue weighted by Gasteiger charge is 2.06. The maximum Gasteiger partial charge on any atom is 0.221 e. The monoisotopic (exact) mass is 295 g/mol. The van der Waals surface area contributed by atoms with E-state index in [1.807, 2.05) is 17.6 Å². The molecule has 0 spiro atoms. The van der Waals surface area contributed by atoms with Crippen LogP contribution in [0.2, 0.25) is 0 Å². The quantitative estimate of drug-likeness (QED) is 0.861. The molecule has 0 aliphatic heterocycles. The third-order valence-electron chi connectivity index (χ3n) is 2.57. The molecule has 0 atom stereocenters. The first kappa shape index (κ1) is 14.2. The molecule has 2 aromatic heterocycles. The summed E-state index contributed by atoms with van der Waals surface area (Å²) in [4.78, 5) is 17.9. The van der Waals surface area contributed by atoms with Crippen molar-refractivity contribution in [3.63, 3.8) is 0 Å². The second-order valence-electron chi connectivity index (χ2n) is 4.12. The number of rotatable bonds is 6. The third-order valence-corrected chi connectivity index (χ3v) is 4.63. The Morgan fingerprint density at radius 1 is 1.42 bits per heavy atom. The molecule has 0 saturated carbocycles. The highest BCUT2D eigenvalue weighted by molar-refractivity contribution is 7.11. The van der Waals surface area contributed by atoms with Gasteiger partial charge < -0.3 is 10.6 Å². The van der Waals surface area contributed by atoms with Crippen molar-refractivity contribution in [2.75, 3.05) is 5.32 Å². The summed E-state index contributed by atoms with van der Waals surface area (Å²) in [5.41, 5.74) is 0.901. The minimum absolute atomic E-state index is 0.0350. The van der Waals surface area contributed by atoms with Crippen LogP contribution in [0.4, 0.5) is 5.69 Å². The average molecular weight is 295 g/mol. The molecule has 2 heterocycles. The number of aromatic nitrogens is 1. The third kappa shape index (κ3) is 4.12. The van der Waals surface area contributed by atoms with Crippen molar-refractivity contribution < 1.29 is 4.79 Å². The molecule has 0 saturated heterocycles. The van der Waals surface area contributed by atoms with E-state index in [9.17, 15) is 4.79 Å². The van der Waals surface area contributed by atoms with Crippen molar-refractivity contribution in [2.24, 2.45) is 0 Å². The molecule has 0 fully saturated rings. The molecule has 2 aromatic rings. The van der Waals surface area contributed by atoms with Gasteiger partial charge in [-0.3, -0.25) is 4.79 Å². The summed E-state index contributed by atoms with van der Waals surface area (Å²) in [6.07, 6.45) is 2.98. The normalized spacial score (nSPS) is 10.6. The molecule has 4 nitrogen and oxygen atoms in total.